The molecule has 0 spiro atoms. The van der Waals surface area contributed by atoms with Gasteiger partial charge >= 0.3 is 5.97 Å². The SMILES string of the molecule is Nc1cnc(N(CCO)Cc2ccccc2)c(C(=O)O)c1. The Labute approximate surface area is 122 Å². The standard InChI is InChI=1S/C15H17N3O3/c16-12-8-13(15(20)21)14(17-9-12)18(6-7-19)10-11-4-2-1-3-5-11/h1-5,8-9,19H,6-7,10,16H2,(H,20,21). The van der Waals surface area contributed by atoms with Crippen molar-refractivity contribution in [3.63, 3.8) is 0 Å². The third-order valence-corrected chi connectivity index (χ3v) is 3.00. The molecule has 4 N–H and O–H groups in total. The van der Waals surface area contributed by atoms with Gasteiger partial charge in [-0.25, -0.2) is 9.78 Å². The molecule has 2 rings (SSSR count). The van der Waals surface area contributed by atoms with Gasteiger partial charge in [0.05, 0.1) is 18.5 Å². The fourth-order valence-corrected chi connectivity index (χ4v) is 2.07. The summed E-state index contributed by atoms with van der Waals surface area (Å²) in [5.41, 5.74) is 6.92. The molecule has 0 fully saturated rings. The molecule has 1 aromatic carbocycles. The number of aromatic carboxylic acids is 1. The molecule has 0 bridgehead atoms. The van der Waals surface area contributed by atoms with Crippen LogP contribution in [0, 0.1) is 0 Å². The number of nitrogen functional groups attached to an aromatic ring is 1. The first-order valence-corrected chi connectivity index (χ1v) is 6.50. The number of pyridine rings is 1. The van der Waals surface area contributed by atoms with E-state index in [0.29, 0.717) is 18.1 Å². The average molecular weight is 287 g/mol. The predicted octanol–water partition coefficient (Wildman–Crippen LogP) is 1.36. The van der Waals surface area contributed by atoms with Crippen molar-refractivity contribution in [2.45, 2.75) is 6.54 Å². The van der Waals surface area contributed by atoms with Crippen LogP contribution in [0.4, 0.5) is 11.5 Å². The van der Waals surface area contributed by atoms with E-state index in [1.54, 1.807) is 4.90 Å². The molecule has 0 saturated carbocycles. The summed E-state index contributed by atoms with van der Waals surface area (Å²) in [5.74, 6) is -0.796. The summed E-state index contributed by atoms with van der Waals surface area (Å²) < 4.78 is 0. The minimum atomic E-state index is -1.10. The Hall–Kier alpha value is -2.60. The lowest BCUT2D eigenvalue weighted by molar-refractivity contribution is 0.0697. The quantitative estimate of drug-likeness (QED) is 0.742. The van der Waals surface area contributed by atoms with Crippen molar-refractivity contribution in [3.8, 4) is 0 Å². The van der Waals surface area contributed by atoms with Gasteiger partial charge in [-0.15, -0.1) is 0 Å². The lowest BCUT2D eigenvalue weighted by Crippen LogP contribution is -2.29. The minimum absolute atomic E-state index is 0.0272. The smallest absolute Gasteiger partial charge is 0.339 e. The predicted molar refractivity (Wildman–Crippen MR) is 80.2 cm³/mol. The van der Waals surface area contributed by atoms with Gasteiger partial charge in [-0.05, 0) is 11.6 Å². The molecule has 0 aliphatic carbocycles. The molecule has 0 atom stereocenters. The summed E-state index contributed by atoms with van der Waals surface area (Å²) in [5, 5.41) is 18.5. The number of nitrogens with zero attached hydrogens (tertiary/aromatic N) is 2. The molecule has 0 aliphatic rings. The summed E-state index contributed by atoms with van der Waals surface area (Å²) in [7, 11) is 0. The molecule has 2 aromatic rings. The molecule has 21 heavy (non-hydrogen) atoms. The molecule has 6 heteroatoms. The Kier molecular flexibility index (Phi) is 4.73. The summed E-state index contributed by atoms with van der Waals surface area (Å²) >= 11 is 0. The zero-order valence-electron chi connectivity index (χ0n) is 11.4. The molecule has 0 unspecified atom stereocenters. The van der Waals surface area contributed by atoms with E-state index in [4.69, 9.17) is 5.73 Å². The lowest BCUT2D eigenvalue weighted by Gasteiger charge is -2.24. The van der Waals surface area contributed by atoms with Gasteiger partial charge in [0.25, 0.3) is 0 Å². The topological polar surface area (TPSA) is 99.7 Å². The van der Waals surface area contributed by atoms with Gasteiger partial charge in [0.15, 0.2) is 0 Å². The monoisotopic (exact) mass is 287 g/mol. The summed E-state index contributed by atoms with van der Waals surface area (Å²) in [6.07, 6.45) is 1.41. The molecule has 1 heterocycles. The van der Waals surface area contributed by atoms with Crippen molar-refractivity contribution in [1.29, 1.82) is 0 Å². The van der Waals surface area contributed by atoms with Crippen LogP contribution in [-0.4, -0.2) is 34.3 Å². The van der Waals surface area contributed by atoms with Crippen molar-refractivity contribution < 1.29 is 15.0 Å². The summed E-state index contributed by atoms with van der Waals surface area (Å²) in [6, 6.07) is 11.0. The van der Waals surface area contributed by atoms with Crippen LogP contribution in [0.3, 0.4) is 0 Å². The van der Waals surface area contributed by atoms with Crippen LogP contribution in [0.15, 0.2) is 42.6 Å². The van der Waals surface area contributed by atoms with Crippen molar-refractivity contribution in [1.82, 2.24) is 4.98 Å². The van der Waals surface area contributed by atoms with Gasteiger partial charge in [0.2, 0.25) is 0 Å². The van der Waals surface area contributed by atoms with Crippen LogP contribution in [0.25, 0.3) is 0 Å². The zero-order valence-corrected chi connectivity index (χ0v) is 11.4. The Morgan fingerprint density at radius 2 is 2.00 bits per heavy atom. The molecule has 1 aromatic heterocycles. The van der Waals surface area contributed by atoms with E-state index in [-0.39, 0.29) is 18.7 Å². The molecular formula is C15H17N3O3. The van der Waals surface area contributed by atoms with Gasteiger partial charge in [0.1, 0.15) is 11.4 Å². The normalized spacial score (nSPS) is 10.3. The first-order valence-electron chi connectivity index (χ1n) is 6.50. The highest BCUT2D eigenvalue weighted by molar-refractivity contribution is 5.94. The van der Waals surface area contributed by atoms with Crippen LogP contribution < -0.4 is 10.6 Å². The van der Waals surface area contributed by atoms with Crippen molar-refractivity contribution >= 4 is 17.5 Å². The first-order chi connectivity index (χ1) is 10.1. The van der Waals surface area contributed by atoms with Gasteiger partial charge in [-0.3, -0.25) is 0 Å². The number of benzene rings is 1. The Morgan fingerprint density at radius 3 is 2.62 bits per heavy atom. The van der Waals surface area contributed by atoms with Crippen molar-refractivity contribution in [2.75, 3.05) is 23.8 Å². The maximum Gasteiger partial charge on any atom is 0.339 e. The maximum absolute atomic E-state index is 11.4. The minimum Gasteiger partial charge on any atom is -0.478 e. The third-order valence-electron chi connectivity index (χ3n) is 3.00. The van der Waals surface area contributed by atoms with Gasteiger partial charge in [-0.1, -0.05) is 30.3 Å². The third kappa shape index (κ3) is 3.70. The van der Waals surface area contributed by atoms with E-state index in [9.17, 15) is 15.0 Å². The van der Waals surface area contributed by atoms with Gasteiger partial charge < -0.3 is 20.8 Å². The average Bonchev–Trinajstić information content (AvgIpc) is 2.48. The molecule has 110 valence electrons. The number of nitrogens with two attached hydrogens (primary N) is 1. The summed E-state index contributed by atoms with van der Waals surface area (Å²) in [4.78, 5) is 17.2. The van der Waals surface area contributed by atoms with Crippen LogP contribution in [-0.2, 0) is 6.54 Å². The number of aliphatic hydroxyl groups excluding tert-OH is 1. The lowest BCUT2D eigenvalue weighted by atomic mass is 10.2. The van der Waals surface area contributed by atoms with Gasteiger partial charge in [-0.2, -0.15) is 0 Å². The second-order valence-corrected chi connectivity index (χ2v) is 4.58. The van der Waals surface area contributed by atoms with Crippen molar-refractivity contribution in [2.24, 2.45) is 0 Å². The number of aromatic nitrogens is 1. The molecular weight excluding hydrogens is 270 g/mol. The number of hydrogen-bond donors (Lipinski definition) is 3. The first kappa shape index (κ1) is 14.8. The van der Waals surface area contributed by atoms with Gasteiger partial charge in [0, 0.05) is 13.1 Å². The Morgan fingerprint density at radius 1 is 1.29 bits per heavy atom. The number of anilines is 2. The molecule has 0 radical (unpaired) electrons. The number of hydrogen-bond acceptors (Lipinski definition) is 5. The Bertz CT molecular complexity index is 617. The van der Waals surface area contributed by atoms with E-state index >= 15 is 0 Å². The van der Waals surface area contributed by atoms with E-state index in [2.05, 4.69) is 4.98 Å². The number of rotatable bonds is 6. The highest BCUT2D eigenvalue weighted by atomic mass is 16.4. The highest BCUT2D eigenvalue weighted by Crippen LogP contribution is 2.21. The fourth-order valence-electron chi connectivity index (χ4n) is 2.07. The molecule has 0 aliphatic heterocycles. The van der Waals surface area contributed by atoms with Crippen LogP contribution in [0.5, 0.6) is 0 Å². The molecule has 0 saturated heterocycles. The second kappa shape index (κ2) is 6.71. The number of carbonyl (C=O) groups is 1. The maximum atomic E-state index is 11.4. The number of aliphatic hydroxyl groups is 1. The fraction of sp³-hybridized carbons (Fsp3) is 0.200. The Balaban J connectivity index is 2.36. The van der Waals surface area contributed by atoms with E-state index in [0.717, 1.165) is 5.56 Å². The zero-order chi connectivity index (χ0) is 15.2. The molecule has 6 nitrogen and oxygen atoms in total. The molecule has 0 amide bonds. The van der Waals surface area contributed by atoms with E-state index in [1.807, 2.05) is 30.3 Å². The second-order valence-electron chi connectivity index (χ2n) is 4.58. The van der Waals surface area contributed by atoms with E-state index in [1.165, 1.54) is 12.3 Å². The van der Waals surface area contributed by atoms with Crippen molar-refractivity contribution in [3.05, 3.63) is 53.7 Å². The highest BCUT2D eigenvalue weighted by Gasteiger charge is 2.18. The number of carboxylic acids is 1. The van der Waals surface area contributed by atoms with Crippen LogP contribution >= 0.6 is 0 Å². The largest absolute Gasteiger partial charge is 0.478 e. The van der Waals surface area contributed by atoms with E-state index < -0.39 is 5.97 Å². The summed E-state index contributed by atoms with van der Waals surface area (Å²) in [6.45, 7) is 0.642. The number of carboxylic acid groups (broad SMARTS) is 1. The van der Waals surface area contributed by atoms with Crippen LogP contribution in [0.1, 0.15) is 15.9 Å². The van der Waals surface area contributed by atoms with Crippen LogP contribution in [0.2, 0.25) is 0 Å².